The fourth-order valence-corrected chi connectivity index (χ4v) is 7.55. The molecular formula is C24H30N2O4S2. The summed E-state index contributed by atoms with van der Waals surface area (Å²) in [5.41, 5.74) is 1.25. The van der Waals surface area contributed by atoms with Crippen LogP contribution in [0.3, 0.4) is 0 Å². The summed E-state index contributed by atoms with van der Waals surface area (Å²) in [6.07, 6.45) is 4.19. The highest BCUT2D eigenvalue weighted by atomic mass is 32.2. The Bertz CT molecular complexity index is 1100. The third kappa shape index (κ3) is 3.90. The van der Waals surface area contributed by atoms with Gasteiger partial charge in [-0.05, 0) is 67.6 Å². The van der Waals surface area contributed by atoms with E-state index in [9.17, 15) is 13.2 Å². The first kappa shape index (κ1) is 22.0. The Hall–Kier alpha value is -1.77. The highest BCUT2D eigenvalue weighted by Crippen LogP contribution is 2.60. The molecule has 3 aliphatic rings. The molecule has 3 fully saturated rings. The fourth-order valence-electron chi connectivity index (χ4n) is 5.03. The van der Waals surface area contributed by atoms with Gasteiger partial charge in [0, 0.05) is 18.6 Å². The molecule has 172 valence electrons. The summed E-state index contributed by atoms with van der Waals surface area (Å²) in [5, 5.41) is 5.47. The number of nitrogens with zero attached hydrogens (tertiary/aromatic N) is 1. The Kier molecular flexibility index (Phi) is 5.66. The highest BCUT2D eigenvalue weighted by molar-refractivity contribution is 7.92. The molecule has 1 amide bonds. The molecule has 1 aliphatic heterocycles. The Labute approximate surface area is 193 Å². The maximum absolute atomic E-state index is 13.6. The lowest BCUT2D eigenvalue weighted by atomic mass is 9.84. The Morgan fingerprint density at radius 3 is 2.44 bits per heavy atom. The predicted molar refractivity (Wildman–Crippen MR) is 125 cm³/mol. The Morgan fingerprint density at radius 2 is 1.84 bits per heavy atom. The number of sulfone groups is 1. The molecule has 0 radical (unpaired) electrons. The zero-order chi connectivity index (χ0) is 22.5. The average Bonchev–Trinajstić information content (AvgIpc) is 3.71. The molecule has 6 nitrogen and oxygen atoms in total. The maximum atomic E-state index is 13.6. The number of carbonyl (C=O) groups is 1. The van der Waals surface area contributed by atoms with Crippen LogP contribution in [0, 0.1) is 11.8 Å². The first-order chi connectivity index (χ1) is 15.3. The van der Waals surface area contributed by atoms with Crippen molar-refractivity contribution in [3.05, 3.63) is 40.9 Å². The van der Waals surface area contributed by atoms with Crippen LogP contribution in [-0.2, 0) is 24.8 Å². The minimum Gasteiger partial charge on any atom is -0.381 e. The second-order valence-electron chi connectivity index (χ2n) is 9.69. The van der Waals surface area contributed by atoms with Gasteiger partial charge in [-0.2, -0.15) is 0 Å². The number of hydrogen-bond donors (Lipinski definition) is 1. The van der Waals surface area contributed by atoms with Crippen LogP contribution in [0.15, 0.2) is 34.5 Å². The summed E-state index contributed by atoms with van der Waals surface area (Å²) in [6.45, 7) is 5.65. The van der Waals surface area contributed by atoms with Gasteiger partial charge in [0.15, 0.2) is 15.0 Å². The van der Waals surface area contributed by atoms with Crippen LogP contribution in [0.2, 0.25) is 0 Å². The minimum atomic E-state index is -3.24. The molecule has 0 unspecified atom stereocenters. The van der Waals surface area contributed by atoms with Crippen molar-refractivity contribution < 1.29 is 17.9 Å². The topological polar surface area (TPSA) is 85.4 Å². The number of amides is 1. The monoisotopic (exact) mass is 474 g/mol. The first-order valence-corrected chi connectivity index (χ1v) is 13.9. The summed E-state index contributed by atoms with van der Waals surface area (Å²) >= 11 is 1.46. The number of ether oxygens (including phenoxy) is 1. The van der Waals surface area contributed by atoms with Gasteiger partial charge in [-0.25, -0.2) is 13.4 Å². The first-order valence-electron chi connectivity index (χ1n) is 11.5. The lowest BCUT2D eigenvalue weighted by molar-refractivity contribution is -0.119. The van der Waals surface area contributed by atoms with Crippen molar-refractivity contribution in [3.63, 3.8) is 0 Å². The SMILES string of the molecule is CC(C)c1csc(NC(=O)[C@]2(c3ccc(S(=O)(=O)C4CC4)cc3)C[C@H]2C2CCOCC2)n1. The van der Waals surface area contributed by atoms with Crippen molar-refractivity contribution in [2.75, 3.05) is 18.5 Å². The maximum Gasteiger partial charge on any atom is 0.237 e. The van der Waals surface area contributed by atoms with E-state index in [0.29, 0.717) is 21.9 Å². The van der Waals surface area contributed by atoms with Crippen LogP contribution in [0.5, 0.6) is 0 Å². The molecule has 2 aromatic rings. The molecular weight excluding hydrogens is 444 g/mol. The largest absolute Gasteiger partial charge is 0.381 e. The number of nitrogens with one attached hydrogen (secondary N) is 1. The van der Waals surface area contributed by atoms with Crippen molar-refractivity contribution >= 4 is 32.2 Å². The number of hydrogen-bond acceptors (Lipinski definition) is 6. The predicted octanol–water partition coefficient (Wildman–Crippen LogP) is 4.53. The number of thiazole rings is 1. The summed E-state index contributed by atoms with van der Waals surface area (Å²) in [4.78, 5) is 18.6. The molecule has 5 rings (SSSR count). The molecule has 0 spiro atoms. The smallest absolute Gasteiger partial charge is 0.237 e. The van der Waals surface area contributed by atoms with Crippen molar-refractivity contribution in [2.24, 2.45) is 11.8 Å². The van der Waals surface area contributed by atoms with E-state index in [0.717, 1.165) is 56.6 Å². The zero-order valence-electron chi connectivity index (χ0n) is 18.5. The lowest BCUT2D eigenvalue weighted by Crippen LogP contribution is -2.32. The van der Waals surface area contributed by atoms with Crippen molar-refractivity contribution in [3.8, 4) is 0 Å². The van der Waals surface area contributed by atoms with Crippen LogP contribution >= 0.6 is 11.3 Å². The van der Waals surface area contributed by atoms with E-state index < -0.39 is 15.3 Å². The normalized spacial score (nSPS) is 26.3. The Balaban J connectivity index is 1.43. The van der Waals surface area contributed by atoms with E-state index in [1.165, 1.54) is 11.3 Å². The van der Waals surface area contributed by atoms with Crippen LogP contribution in [-0.4, -0.2) is 37.8 Å². The van der Waals surface area contributed by atoms with Crippen LogP contribution < -0.4 is 5.32 Å². The van der Waals surface area contributed by atoms with Gasteiger partial charge >= 0.3 is 0 Å². The summed E-state index contributed by atoms with van der Waals surface area (Å²) in [7, 11) is -3.24. The van der Waals surface area contributed by atoms with E-state index in [-0.39, 0.29) is 17.1 Å². The van der Waals surface area contributed by atoms with E-state index in [1.807, 2.05) is 17.5 Å². The van der Waals surface area contributed by atoms with Gasteiger partial charge in [0.05, 0.1) is 21.3 Å². The van der Waals surface area contributed by atoms with E-state index in [4.69, 9.17) is 4.74 Å². The van der Waals surface area contributed by atoms with Gasteiger partial charge in [0.1, 0.15) is 0 Å². The van der Waals surface area contributed by atoms with E-state index >= 15 is 0 Å². The quantitative estimate of drug-likeness (QED) is 0.637. The van der Waals surface area contributed by atoms with Crippen molar-refractivity contribution in [1.82, 2.24) is 4.98 Å². The lowest BCUT2D eigenvalue weighted by Gasteiger charge is -2.26. The second-order valence-corrected chi connectivity index (χ2v) is 12.8. The number of carbonyl (C=O) groups excluding carboxylic acids is 1. The zero-order valence-corrected chi connectivity index (χ0v) is 20.2. The van der Waals surface area contributed by atoms with Gasteiger partial charge in [0.2, 0.25) is 5.91 Å². The van der Waals surface area contributed by atoms with Gasteiger partial charge in [-0.1, -0.05) is 26.0 Å². The number of benzene rings is 1. The summed E-state index contributed by atoms with van der Waals surface area (Å²) < 4.78 is 30.8. The van der Waals surface area contributed by atoms with Gasteiger partial charge in [0.25, 0.3) is 0 Å². The van der Waals surface area contributed by atoms with E-state index in [2.05, 4.69) is 24.1 Å². The number of aromatic nitrogens is 1. The molecule has 2 aliphatic carbocycles. The average molecular weight is 475 g/mol. The van der Waals surface area contributed by atoms with Gasteiger partial charge in [-0.15, -0.1) is 11.3 Å². The third-order valence-corrected chi connectivity index (χ3v) is 10.3. The summed E-state index contributed by atoms with van der Waals surface area (Å²) in [5.74, 6) is 0.952. The molecule has 2 saturated carbocycles. The molecule has 1 N–H and O–H groups in total. The van der Waals surface area contributed by atoms with Gasteiger partial charge in [-0.3, -0.25) is 4.79 Å². The second kappa shape index (κ2) is 8.22. The van der Waals surface area contributed by atoms with Crippen LogP contribution in [0.25, 0.3) is 0 Å². The van der Waals surface area contributed by atoms with Crippen LogP contribution in [0.1, 0.15) is 63.1 Å². The molecule has 32 heavy (non-hydrogen) atoms. The molecule has 2 heterocycles. The van der Waals surface area contributed by atoms with Crippen molar-refractivity contribution in [1.29, 1.82) is 0 Å². The molecule has 2 atom stereocenters. The Morgan fingerprint density at radius 1 is 1.16 bits per heavy atom. The molecule has 8 heteroatoms. The molecule has 1 saturated heterocycles. The third-order valence-electron chi connectivity index (χ3n) is 7.25. The highest BCUT2D eigenvalue weighted by Gasteiger charge is 2.63. The standard InChI is InChI=1S/C24H30N2O4S2/c1-15(2)21-14-31-23(25-21)26-22(27)24(13-20(24)16-9-11-30-12-10-16)17-3-5-18(6-4-17)32(28,29)19-7-8-19/h3-6,14-16,19-20H,7-13H2,1-2H3,(H,25,26,27)/t20-,24-/m0/s1. The molecule has 1 aromatic heterocycles. The number of rotatable bonds is 7. The molecule has 1 aromatic carbocycles. The fraction of sp³-hybridized carbons (Fsp3) is 0.583. The van der Waals surface area contributed by atoms with E-state index in [1.54, 1.807) is 12.1 Å². The van der Waals surface area contributed by atoms with Crippen LogP contribution in [0.4, 0.5) is 5.13 Å². The summed E-state index contributed by atoms with van der Waals surface area (Å²) in [6, 6.07) is 7.10. The van der Waals surface area contributed by atoms with Gasteiger partial charge < -0.3 is 10.1 Å². The van der Waals surface area contributed by atoms with Crippen molar-refractivity contribution in [2.45, 2.75) is 67.4 Å². The molecule has 0 bridgehead atoms. The number of anilines is 1. The minimum absolute atomic E-state index is 0.0311.